The van der Waals surface area contributed by atoms with Gasteiger partial charge in [-0.2, -0.15) is 0 Å². The van der Waals surface area contributed by atoms with Crippen LogP contribution in [0.25, 0.3) is 0 Å². The maximum absolute atomic E-state index is 15.6. The summed E-state index contributed by atoms with van der Waals surface area (Å²) >= 11 is 0. The Kier molecular flexibility index (Phi) is 9.00. The molecule has 42 heavy (non-hydrogen) atoms. The molecule has 4 aliphatic heterocycles. The summed E-state index contributed by atoms with van der Waals surface area (Å²) in [6, 6.07) is 5.46. The number of nitrogens with zero attached hydrogens (tertiary/aromatic N) is 5. The molecular formula is C32H49FN6O3. The summed E-state index contributed by atoms with van der Waals surface area (Å²) in [5.41, 5.74) is 5.66. The molecule has 232 valence electrons. The van der Waals surface area contributed by atoms with Crippen molar-refractivity contribution in [3.8, 4) is 0 Å². The second kappa shape index (κ2) is 12.2. The number of hydrogen-bond acceptors (Lipinski definition) is 9. The van der Waals surface area contributed by atoms with Gasteiger partial charge in [-0.1, -0.05) is 12.1 Å². The van der Waals surface area contributed by atoms with E-state index < -0.39 is 12.0 Å². The average Bonchev–Trinajstić information content (AvgIpc) is 3.23. The van der Waals surface area contributed by atoms with Gasteiger partial charge >= 0.3 is 0 Å². The predicted octanol–water partition coefficient (Wildman–Crippen LogP) is 4.04. The first-order chi connectivity index (χ1) is 19.8. The number of rotatable bonds is 6. The van der Waals surface area contributed by atoms with Crippen LogP contribution in [-0.4, -0.2) is 100 Å². The van der Waals surface area contributed by atoms with Crippen LogP contribution in [0.3, 0.4) is 0 Å². The van der Waals surface area contributed by atoms with E-state index in [1.54, 1.807) is 6.07 Å². The Morgan fingerprint density at radius 3 is 2.45 bits per heavy atom. The lowest BCUT2D eigenvalue weighted by molar-refractivity contribution is -0.242. The molecule has 4 heterocycles. The molecule has 0 aliphatic carbocycles. The van der Waals surface area contributed by atoms with Gasteiger partial charge in [-0.25, -0.2) is 4.39 Å². The highest BCUT2D eigenvalue weighted by molar-refractivity contribution is 6.46. The third kappa shape index (κ3) is 7.15. The van der Waals surface area contributed by atoms with Gasteiger partial charge < -0.3 is 19.5 Å². The zero-order valence-electron chi connectivity index (χ0n) is 26.4. The van der Waals surface area contributed by atoms with Crippen molar-refractivity contribution in [2.75, 3.05) is 39.4 Å². The third-order valence-electron chi connectivity index (χ3n) is 8.27. The smallest absolute Gasteiger partial charge is 0.216 e. The highest BCUT2D eigenvalue weighted by atomic mass is 19.1. The van der Waals surface area contributed by atoms with Gasteiger partial charge in [0.15, 0.2) is 5.84 Å². The Bertz CT molecular complexity index is 1210. The highest BCUT2D eigenvalue weighted by Gasteiger charge is 2.41. The van der Waals surface area contributed by atoms with Crippen LogP contribution in [0.1, 0.15) is 78.4 Å². The quantitative estimate of drug-likeness (QED) is 0.489. The number of likely N-dealkylation sites (tertiary alicyclic amines) is 1. The second-order valence-electron chi connectivity index (χ2n) is 13.9. The van der Waals surface area contributed by atoms with Crippen LogP contribution in [-0.2, 0) is 15.9 Å². The minimum Gasteiger partial charge on any atom is -0.378 e. The van der Waals surface area contributed by atoms with E-state index in [1.807, 2.05) is 31.7 Å². The van der Waals surface area contributed by atoms with Crippen LogP contribution >= 0.6 is 0 Å². The zero-order chi connectivity index (χ0) is 30.2. The van der Waals surface area contributed by atoms with Crippen LogP contribution in [0.4, 0.5) is 4.39 Å². The van der Waals surface area contributed by atoms with E-state index in [2.05, 4.69) is 55.2 Å². The second-order valence-corrected chi connectivity index (χ2v) is 13.9. The Morgan fingerprint density at radius 1 is 1.12 bits per heavy atom. The lowest BCUT2D eigenvalue weighted by Gasteiger charge is -2.40. The number of piperidine rings is 1. The number of fused-ring (bicyclic) bond motifs is 1. The zero-order valence-corrected chi connectivity index (χ0v) is 26.4. The van der Waals surface area contributed by atoms with Gasteiger partial charge in [-0.15, -0.1) is 0 Å². The molecule has 0 aromatic heterocycles. The van der Waals surface area contributed by atoms with Gasteiger partial charge in [-0.3, -0.25) is 25.3 Å². The molecular weight excluding hydrogens is 535 g/mol. The van der Waals surface area contributed by atoms with Crippen LogP contribution < -0.4 is 5.43 Å². The number of amidine groups is 1. The Labute approximate surface area is 250 Å². The number of hydrazine groups is 1. The fourth-order valence-corrected chi connectivity index (χ4v) is 6.30. The summed E-state index contributed by atoms with van der Waals surface area (Å²) in [7, 11) is 0. The summed E-state index contributed by atoms with van der Waals surface area (Å²) in [4.78, 5) is 14.4. The van der Waals surface area contributed by atoms with Crippen molar-refractivity contribution in [3.05, 3.63) is 47.0 Å². The Hall–Kier alpha value is -2.53. The van der Waals surface area contributed by atoms with E-state index in [0.29, 0.717) is 32.7 Å². The Morgan fingerprint density at radius 2 is 1.81 bits per heavy atom. The number of morpholine rings is 1. The molecule has 0 amide bonds. The Balaban J connectivity index is 1.37. The first-order valence-electron chi connectivity index (χ1n) is 15.4. The molecule has 3 atom stereocenters. The molecule has 0 bridgehead atoms. The number of ether oxygens (including phenoxy) is 2. The van der Waals surface area contributed by atoms with Crippen molar-refractivity contribution in [3.63, 3.8) is 0 Å². The molecule has 4 aliphatic rings. The summed E-state index contributed by atoms with van der Waals surface area (Å²) < 4.78 is 26.9. The van der Waals surface area contributed by atoms with Crippen LogP contribution in [0, 0.1) is 5.82 Å². The number of aliphatic imine (C=N–C) groups is 2. The number of halogens is 1. The van der Waals surface area contributed by atoms with Crippen molar-refractivity contribution in [2.45, 2.75) is 103 Å². The van der Waals surface area contributed by atoms with E-state index in [0.717, 1.165) is 54.4 Å². The lowest BCUT2D eigenvalue weighted by atomic mass is 9.84. The molecule has 2 N–H and O–H groups in total. The highest BCUT2D eigenvalue weighted by Crippen LogP contribution is 2.35. The van der Waals surface area contributed by atoms with Gasteiger partial charge in [-0.05, 0) is 90.8 Å². The van der Waals surface area contributed by atoms with Crippen molar-refractivity contribution in [2.24, 2.45) is 9.98 Å². The molecule has 1 aromatic rings. The van der Waals surface area contributed by atoms with Gasteiger partial charge in [0.1, 0.15) is 17.3 Å². The first kappa shape index (κ1) is 30.9. The summed E-state index contributed by atoms with van der Waals surface area (Å²) in [6.07, 6.45) is 3.33. The fraction of sp³-hybridized carbons (Fsp3) is 0.688. The minimum absolute atomic E-state index is 0.00207. The number of aliphatic hydroxyl groups excluding tert-OH is 1. The van der Waals surface area contributed by atoms with E-state index in [9.17, 15) is 5.11 Å². The topological polar surface area (TPSA) is 85.2 Å². The molecule has 2 fully saturated rings. The van der Waals surface area contributed by atoms with Gasteiger partial charge in [0.2, 0.25) is 6.41 Å². The molecule has 0 saturated carbocycles. The van der Waals surface area contributed by atoms with Crippen molar-refractivity contribution >= 4 is 11.5 Å². The van der Waals surface area contributed by atoms with Crippen LogP contribution in [0.5, 0.6) is 0 Å². The van der Waals surface area contributed by atoms with E-state index in [1.165, 1.54) is 0 Å². The third-order valence-corrected chi connectivity index (χ3v) is 8.27. The molecule has 2 unspecified atom stereocenters. The van der Waals surface area contributed by atoms with Gasteiger partial charge in [0.25, 0.3) is 0 Å². The molecule has 2 saturated heterocycles. The summed E-state index contributed by atoms with van der Waals surface area (Å²) in [5, 5.41) is 12.8. The molecule has 9 nitrogen and oxygen atoms in total. The average molecular weight is 585 g/mol. The van der Waals surface area contributed by atoms with E-state index in [4.69, 9.17) is 19.5 Å². The number of aliphatic hydroxyl groups is 1. The maximum atomic E-state index is 15.6. The number of nitrogens with one attached hydrogen (secondary N) is 1. The van der Waals surface area contributed by atoms with Crippen LogP contribution in [0.2, 0.25) is 0 Å². The maximum Gasteiger partial charge on any atom is 0.216 e. The SMILES string of the molecule is CC1N=C2C(=NC(C)(C)C)C=C(N3CCOCC3)NN2C1Cc1cccc(F)c1C1CCN([C@H](O)OC(C)(C)C)CC1. The predicted molar refractivity (Wildman–Crippen MR) is 164 cm³/mol. The number of hydrogen-bond donors (Lipinski definition) is 2. The molecule has 5 rings (SSSR count). The van der Waals surface area contributed by atoms with Crippen molar-refractivity contribution in [1.29, 1.82) is 0 Å². The normalized spacial score (nSPS) is 26.2. The first-order valence-corrected chi connectivity index (χ1v) is 15.4. The summed E-state index contributed by atoms with van der Waals surface area (Å²) in [5.74, 6) is 1.77. The van der Waals surface area contributed by atoms with Gasteiger partial charge in [0, 0.05) is 32.3 Å². The fourth-order valence-electron chi connectivity index (χ4n) is 6.30. The van der Waals surface area contributed by atoms with E-state index in [-0.39, 0.29) is 29.4 Å². The molecule has 0 spiro atoms. The van der Waals surface area contributed by atoms with Crippen molar-refractivity contribution in [1.82, 2.24) is 20.2 Å². The van der Waals surface area contributed by atoms with Gasteiger partial charge in [0.05, 0.1) is 36.4 Å². The standard InChI is InChI=1S/C32H49FN6O3/c1-21-26(39-29(34-21)25(35-31(2,3)4)20-27(36-39)37-15-17-41-18-16-37)19-23-9-8-10-24(33)28(23)22-11-13-38(14-12-22)30(40)42-32(5,6)7/h8-10,20-22,26,30,36,40H,11-19H2,1-7H3/t21?,26?,30-/m1/s1. The van der Waals surface area contributed by atoms with Crippen LogP contribution in [0.15, 0.2) is 40.1 Å². The minimum atomic E-state index is -0.955. The largest absolute Gasteiger partial charge is 0.378 e. The monoisotopic (exact) mass is 584 g/mol. The molecule has 1 aromatic carbocycles. The lowest BCUT2D eigenvalue weighted by Crippen LogP contribution is -2.57. The van der Waals surface area contributed by atoms with Crippen molar-refractivity contribution < 1.29 is 19.0 Å². The van der Waals surface area contributed by atoms with E-state index >= 15 is 4.39 Å². The molecule has 10 heteroatoms. The number of benzene rings is 1. The molecule has 0 radical (unpaired) electrons. The summed E-state index contributed by atoms with van der Waals surface area (Å²) in [6.45, 7) is 18.5.